The van der Waals surface area contributed by atoms with Crippen molar-refractivity contribution in [3.63, 3.8) is 0 Å². The average molecular weight is 346 g/mol. The first-order valence-corrected chi connectivity index (χ1v) is 8.11. The van der Waals surface area contributed by atoms with Crippen LogP contribution in [0.15, 0.2) is 46.9 Å². The number of ether oxygens (including phenoxy) is 1. The molecule has 21 heavy (non-hydrogen) atoms. The lowest BCUT2D eigenvalue weighted by Crippen LogP contribution is -2.32. The molecule has 3 rings (SSSR count). The first-order chi connectivity index (χ1) is 10.2. The molecular formula is C18H20BrNO. The second-order valence-electron chi connectivity index (χ2n) is 5.76. The number of methoxy groups -OCH3 is 1. The third-order valence-electron chi connectivity index (χ3n) is 4.40. The van der Waals surface area contributed by atoms with Crippen LogP contribution in [0.25, 0.3) is 0 Å². The molecule has 0 fully saturated rings. The Bertz CT molecular complexity index is 616. The third-order valence-corrected chi connectivity index (χ3v) is 5.17. The zero-order valence-electron chi connectivity index (χ0n) is 12.2. The van der Waals surface area contributed by atoms with E-state index in [1.54, 1.807) is 7.11 Å². The van der Waals surface area contributed by atoms with Gasteiger partial charge in [0.05, 0.1) is 7.11 Å². The minimum atomic E-state index is 0.167. The first kappa shape index (κ1) is 14.6. The molecule has 1 aliphatic carbocycles. The molecule has 0 aliphatic heterocycles. The van der Waals surface area contributed by atoms with Crippen LogP contribution >= 0.6 is 15.9 Å². The summed E-state index contributed by atoms with van der Waals surface area (Å²) in [5, 5.41) is 0. The van der Waals surface area contributed by atoms with Crippen molar-refractivity contribution in [1.29, 1.82) is 0 Å². The van der Waals surface area contributed by atoms with Crippen molar-refractivity contribution < 1.29 is 4.74 Å². The van der Waals surface area contributed by atoms with Gasteiger partial charge in [0.1, 0.15) is 5.75 Å². The lowest BCUT2D eigenvalue weighted by Gasteiger charge is -2.20. The van der Waals surface area contributed by atoms with Crippen LogP contribution < -0.4 is 10.5 Å². The van der Waals surface area contributed by atoms with Crippen molar-refractivity contribution >= 4 is 15.9 Å². The molecule has 2 aromatic rings. The summed E-state index contributed by atoms with van der Waals surface area (Å²) in [6, 6.07) is 14.9. The minimum absolute atomic E-state index is 0.167. The number of halogens is 1. The number of rotatable bonds is 4. The molecule has 2 nitrogen and oxygen atoms in total. The van der Waals surface area contributed by atoms with Crippen molar-refractivity contribution in [1.82, 2.24) is 0 Å². The van der Waals surface area contributed by atoms with E-state index in [9.17, 15) is 0 Å². The molecule has 1 unspecified atom stereocenters. The SMILES string of the molecule is COc1ccc(Br)c(CC(N)C2Cc3ccccc3C2)c1. The van der Waals surface area contributed by atoms with Gasteiger partial charge in [0.15, 0.2) is 0 Å². The molecule has 0 saturated heterocycles. The molecule has 0 radical (unpaired) electrons. The molecular weight excluding hydrogens is 326 g/mol. The number of nitrogens with two attached hydrogens (primary N) is 1. The van der Waals surface area contributed by atoms with Crippen molar-refractivity contribution in [3.05, 3.63) is 63.6 Å². The van der Waals surface area contributed by atoms with Crippen molar-refractivity contribution in [2.45, 2.75) is 25.3 Å². The third kappa shape index (κ3) is 3.14. The molecule has 0 amide bonds. The van der Waals surface area contributed by atoms with E-state index in [4.69, 9.17) is 10.5 Å². The van der Waals surface area contributed by atoms with E-state index < -0.39 is 0 Å². The fourth-order valence-corrected chi connectivity index (χ4v) is 3.56. The van der Waals surface area contributed by atoms with Gasteiger partial charge in [-0.25, -0.2) is 0 Å². The summed E-state index contributed by atoms with van der Waals surface area (Å²) < 4.78 is 6.41. The number of hydrogen-bond donors (Lipinski definition) is 1. The molecule has 0 saturated carbocycles. The molecule has 2 N–H and O–H groups in total. The van der Waals surface area contributed by atoms with Crippen molar-refractivity contribution in [2.24, 2.45) is 11.7 Å². The minimum Gasteiger partial charge on any atom is -0.497 e. The Morgan fingerprint density at radius 1 is 1.19 bits per heavy atom. The summed E-state index contributed by atoms with van der Waals surface area (Å²) in [4.78, 5) is 0. The Morgan fingerprint density at radius 2 is 1.86 bits per heavy atom. The van der Waals surface area contributed by atoms with Crippen LogP contribution in [0.5, 0.6) is 5.75 Å². The number of benzene rings is 2. The Hall–Kier alpha value is -1.32. The number of hydrogen-bond acceptors (Lipinski definition) is 2. The summed E-state index contributed by atoms with van der Waals surface area (Å²) in [6.45, 7) is 0. The van der Waals surface area contributed by atoms with E-state index >= 15 is 0 Å². The summed E-state index contributed by atoms with van der Waals surface area (Å²) in [5.41, 5.74) is 10.6. The topological polar surface area (TPSA) is 35.2 Å². The van der Waals surface area contributed by atoms with Crippen molar-refractivity contribution in [2.75, 3.05) is 7.11 Å². The molecule has 0 heterocycles. The highest BCUT2D eigenvalue weighted by molar-refractivity contribution is 9.10. The molecule has 1 aliphatic rings. The smallest absolute Gasteiger partial charge is 0.119 e. The Balaban J connectivity index is 1.72. The van der Waals surface area contributed by atoms with Crippen LogP contribution in [0.3, 0.4) is 0 Å². The van der Waals surface area contributed by atoms with E-state index in [0.29, 0.717) is 5.92 Å². The lowest BCUT2D eigenvalue weighted by atomic mass is 9.92. The maximum atomic E-state index is 6.49. The van der Waals surface area contributed by atoms with Gasteiger partial charge in [-0.2, -0.15) is 0 Å². The average Bonchev–Trinajstić information content (AvgIpc) is 2.93. The van der Waals surface area contributed by atoms with Gasteiger partial charge in [-0.05, 0) is 60.1 Å². The van der Waals surface area contributed by atoms with Crippen LogP contribution in [-0.2, 0) is 19.3 Å². The second-order valence-corrected chi connectivity index (χ2v) is 6.62. The zero-order valence-corrected chi connectivity index (χ0v) is 13.8. The van der Waals surface area contributed by atoms with Gasteiger partial charge in [0.2, 0.25) is 0 Å². The van der Waals surface area contributed by atoms with E-state index in [1.807, 2.05) is 12.1 Å². The highest BCUT2D eigenvalue weighted by Crippen LogP contribution is 2.31. The van der Waals surface area contributed by atoms with E-state index in [1.165, 1.54) is 16.7 Å². The maximum Gasteiger partial charge on any atom is 0.119 e. The van der Waals surface area contributed by atoms with Crippen LogP contribution in [0.1, 0.15) is 16.7 Å². The standard InChI is InChI=1S/C18H20BrNO/c1-21-16-6-7-17(19)14(10-16)11-18(20)15-8-12-4-2-3-5-13(12)9-15/h2-7,10,15,18H,8-9,11,20H2,1H3. The Labute approximate surface area is 134 Å². The van der Waals surface area contributed by atoms with Gasteiger partial charge < -0.3 is 10.5 Å². The van der Waals surface area contributed by atoms with E-state index in [2.05, 4.69) is 46.3 Å². The monoisotopic (exact) mass is 345 g/mol. The van der Waals surface area contributed by atoms with Gasteiger partial charge in [-0.1, -0.05) is 40.2 Å². The van der Waals surface area contributed by atoms with E-state index in [0.717, 1.165) is 29.5 Å². The van der Waals surface area contributed by atoms with Crippen LogP contribution in [0.4, 0.5) is 0 Å². The van der Waals surface area contributed by atoms with Gasteiger partial charge in [-0.3, -0.25) is 0 Å². The van der Waals surface area contributed by atoms with Crippen LogP contribution in [0.2, 0.25) is 0 Å². The van der Waals surface area contributed by atoms with Crippen LogP contribution in [-0.4, -0.2) is 13.2 Å². The Morgan fingerprint density at radius 3 is 2.48 bits per heavy atom. The fraction of sp³-hybridized carbons (Fsp3) is 0.333. The lowest BCUT2D eigenvalue weighted by molar-refractivity contribution is 0.411. The zero-order chi connectivity index (χ0) is 14.8. The van der Waals surface area contributed by atoms with E-state index in [-0.39, 0.29) is 6.04 Å². The normalized spacial score (nSPS) is 15.8. The highest BCUT2D eigenvalue weighted by Gasteiger charge is 2.26. The maximum absolute atomic E-state index is 6.49. The summed E-state index contributed by atoms with van der Waals surface area (Å²) >= 11 is 3.61. The molecule has 0 spiro atoms. The molecule has 0 bridgehead atoms. The second kappa shape index (κ2) is 6.20. The first-order valence-electron chi connectivity index (χ1n) is 7.32. The number of fused-ring (bicyclic) bond motifs is 1. The quantitative estimate of drug-likeness (QED) is 0.915. The van der Waals surface area contributed by atoms with Gasteiger partial charge in [0.25, 0.3) is 0 Å². The molecule has 110 valence electrons. The summed E-state index contributed by atoms with van der Waals surface area (Å²) in [6.07, 6.45) is 3.06. The predicted octanol–water partition coefficient (Wildman–Crippen LogP) is 3.74. The fourth-order valence-electron chi connectivity index (χ4n) is 3.15. The van der Waals surface area contributed by atoms with Crippen LogP contribution in [0, 0.1) is 5.92 Å². The molecule has 1 atom stereocenters. The highest BCUT2D eigenvalue weighted by atomic mass is 79.9. The largest absolute Gasteiger partial charge is 0.497 e. The molecule has 3 heteroatoms. The van der Waals surface area contributed by atoms with Gasteiger partial charge in [0, 0.05) is 10.5 Å². The van der Waals surface area contributed by atoms with Crippen molar-refractivity contribution in [3.8, 4) is 5.75 Å². The molecule has 2 aromatic carbocycles. The van der Waals surface area contributed by atoms with Gasteiger partial charge in [-0.15, -0.1) is 0 Å². The summed E-state index contributed by atoms with van der Waals surface area (Å²) in [7, 11) is 1.69. The Kier molecular flexibility index (Phi) is 4.32. The molecule has 0 aromatic heterocycles. The van der Waals surface area contributed by atoms with Gasteiger partial charge >= 0.3 is 0 Å². The predicted molar refractivity (Wildman–Crippen MR) is 89.7 cm³/mol. The summed E-state index contributed by atoms with van der Waals surface area (Å²) in [5.74, 6) is 1.41.